The quantitative estimate of drug-likeness (QED) is 0.697. The molecule has 0 amide bonds. The largest absolute Gasteiger partial charge is 0.493 e. The summed E-state index contributed by atoms with van der Waals surface area (Å²) in [6, 6.07) is 14.4. The summed E-state index contributed by atoms with van der Waals surface area (Å²) in [6.45, 7) is 1.30. The summed E-state index contributed by atoms with van der Waals surface area (Å²) in [5.74, 6) is 1.59. The van der Waals surface area contributed by atoms with Gasteiger partial charge in [-0.05, 0) is 36.6 Å². The van der Waals surface area contributed by atoms with Crippen molar-refractivity contribution in [2.75, 3.05) is 7.11 Å². The Morgan fingerprint density at radius 2 is 1.80 bits per heavy atom. The van der Waals surface area contributed by atoms with Crippen molar-refractivity contribution < 1.29 is 9.47 Å². The highest BCUT2D eigenvalue weighted by atomic mass is 35.5. The molecule has 1 saturated carbocycles. The van der Waals surface area contributed by atoms with Crippen LogP contribution < -0.4 is 14.8 Å². The molecular weight excluding hydrogens is 357 g/mol. The monoisotopic (exact) mass is 381 g/mol. The predicted molar refractivity (Wildman–Crippen MR) is 105 cm³/mol. The molecule has 0 radical (unpaired) electrons. The summed E-state index contributed by atoms with van der Waals surface area (Å²) in [7, 11) is 1.68. The molecule has 0 heterocycles. The van der Waals surface area contributed by atoms with Gasteiger partial charge in [-0.25, -0.2) is 0 Å². The first-order chi connectivity index (χ1) is 11.8. The minimum Gasteiger partial charge on any atom is -0.493 e. The summed E-state index contributed by atoms with van der Waals surface area (Å²) >= 11 is 5.94. The van der Waals surface area contributed by atoms with Crippen LogP contribution in [0.25, 0.3) is 0 Å². The molecule has 0 saturated heterocycles. The van der Waals surface area contributed by atoms with Crippen LogP contribution >= 0.6 is 24.0 Å². The van der Waals surface area contributed by atoms with Gasteiger partial charge >= 0.3 is 0 Å². The maximum absolute atomic E-state index is 6.09. The summed E-state index contributed by atoms with van der Waals surface area (Å²) in [4.78, 5) is 0. The van der Waals surface area contributed by atoms with Crippen LogP contribution in [0.15, 0.2) is 42.5 Å². The fraction of sp³-hybridized carbons (Fsp3) is 0.400. The average Bonchev–Trinajstić information content (AvgIpc) is 3.13. The molecule has 3 rings (SSSR count). The molecule has 1 N–H and O–H groups in total. The van der Waals surface area contributed by atoms with Crippen molar-refractivity contribution in [2.24, 2.45) is 0 Å². The van der Waals surface area contributed by atoms with E-state index >= 15 is 0 Å². The zero-order chi connectivity index (χ0) is 16.8. The van der Waals surface area contributed by atoms with Gasteiger partial charge in [0.15, 0.2) is 11.5 Å². The summed E-state index contributed by atoms with van der Waals surface area (Å²) in [5, 5.41) is 4.38. The topological polar surface area (TPSA) is 30.5 Å². The highest BCUT2D eigenvalue weighted by Crippen LogP contribution is 2.32. The minimum absolute atomic E-state index is 0. The zero-order valence-corrected chi connectivity index (χ0v) is 16.0. The molecule has 3 nitrogen and oxygen atoms in total. The van der Waals surface area contributed by atoms with E-state index in [1.807, 2.05) is 36.4 Å². The Labute approximate surface area is 161 Å². The van der Waals surface area contributed by atoms with Crippen molar-refractivity contribution in [3.8, 4) is 11.5 Å². The van der Waals surface area contributed by atoms with Crippen LogP contribution in [0.3, 0.4) is 0 Å². The van der Waals surface area contributed by atoms with Gasteiger partial charge in [-0.3, -0.25) is 0 Å². The van der Waals surface area contributed by atoms with Crippen molar-refractivity contribution in [1.29, 1.82) is 0 Å². The van der Waals surface area contributed by atoms with E-state index in [0.29, 0.717) is 12.6 Å². The molecule has 0 unspecified atom stereocenters. The third kappa shape index (κ3) is 5.53. The zero-order valence-electron chi connectivity index (χ0n) is 14.5. The van der Waals surface area contributed by atoms with Gasteiger partial charge in [-0.15, -0.1) is 12.4 Å². The highest BCUT2D eigenvalue weighted by molar-refractivity contribution is 6.30. The van der Waals surface area contributed by atoms with Crippen molar-refractivity contribution in [1.82, 2.24) is 5.32 Å². The minimum atomic E-state index is 0. The summed E-state index contributed by atoms with van der Waals surface area (Å²) in [5.41, 5.74) is 2.22. The van der Waals surface area contributed by atoms with Gasteiger partial charge in [-0.1, -0.05) is 48.7 Å². The highest BCUT2D eigenvalue weighted by Gasteiger charge is 2.16. The molecule has 0 aromatic heterocycles. The van der Waals surface area contributed by atoms with Crippen molar-refractivity contribution in [3.63, 3.8) is 0 Å². The Balaban J connectivity index is 0.00000225. The van der Waals surface area contributed by atoms with E-state index < -0.39 is 0 Å². The number of nitrogens with one attached hydrogen (secondary N) is 1. The Bertz CT molecular complexity index is 655. The molecule has 2 aromatic rings. The number of para-hydroxylation sites is 1. The Hall–Kier alpha value is -1.42. The normalized spacial score (nSPS) is 14.2. The second-order valence-electron chi connectivity index (χ2n) is 6.23. The van der Waals surface area contributed by atoms with Gasteiger partial charge in [0.1, 0.15) is 6.61 Å². The van der Waals surface area contributed by atoms with E-state index in [2.05, 4.69) is 11.4 Å². The van der Waals surface area contributed by atoms with Crippen LogP contribution in [-0.2, 0) is 13.2 Å². The van der Waals surface area contributed by atoms with Gasteiger partial charge < -0.3 is 14.8 Å². The fourth-order valence-corrected chi connectivity index (χ4v) is 3.27. The Morgan fingerprint density at radius 3 is 2.48 bits per heavy atom. The van der Waals surface area contributed by atoms with Gasteiger partial charge in [0, 0.05) is 23.2 Å². The standard InChI is InChI=1S/C20H24ClNO2.ClH/c1-23-19-8-4-5-16(13-22-18-6-2-3-7-18)20(19)24-14-15-9-11-17(21)12-10-15;/h4-5,8-12,18,22H,2-3,6-7,13-14H2,1H3;1H. The predicted octanol–water partition coefficient (Wildman–Crippen LogP) is 5.38. The molecule has 1 aliphatic carbocycles. The van der Waals surface area contributed by atoms with Crippen LogP contribution in [0.2, 0.25) is 5.02 Å². The Morgan fingerprint density at radius 1 is 1.08 bits per heavy atom. The second-order valence-corrected chi connectivity index (χ2v) is 6.66. The number of ether oxygens (including phenoxy) is 2. The van der Waals surface area contributed by atoms with E-state index in [1.165, 1.54) is 25.7 Å². The lowest BCUT2D eigenvalue weighted by Crippen LogP contribution is -2.25. The maximum atomic E-state index is 6.09. The molecule has 0 atom stereocenters. The lowest BCUT2D eigenvalue weighted by Gasteiger charge is -2.17. The van der Waals surface area contributed by atoms with E-state index in [4.69, 9.17) is 21.1 Å². The van der Waals surface area contributed by atoms with Crippen LogP contribution in [0, 0.1) is 0 Å². The van der Waals surface area contributed by atoms with Crippen molar-refractivity contribution in [2.45, 2.75) is 44.9 Å². The molecule has 0 aliphatic heterocycles. The smallest absolute Gasteiger partial charge is 0.166 e. The summed E-state index contributed by atoms with van der Waals surface area (Å²) in [6.07, 6.45) is 5.20. The molecule has 25 heavy (non-hydrogen) atoms. The van der Waals surface area contributed by atoms with Gasteiger partial charge in [-0.2, -0.15) is 0 Å². The summed E-state index contributed by atoms with van der Waals surface area (Å²) < 4.78 is 11.6. The second kappa shape index (κ2) is 9.91. The van der Waals surface area contributed by atoms with Gasteiger partial charge in [0.2, 0.25) is 0 Å². The number of rotatable bonds is 7. The van der Waals surface area contributed by atoms with Gasteiger partial charge in [0.25, 0.3) is 0 Å². The van der Waals surface area contributed by atoms with E-state index in [1.54, 1.807) is 7.11 Å². The number of benzene rings is 2. The lowest BCUT2D eigenvalue weighted by atomic mass is 10.1. The molecule has 0 bridgehead atoms. The van der Waals surface area contributed by atoms with Crippen LogP contribution in [-0.4, -0.2) is 13.2 Å². The van der Waals surface area contributed by atoms with Crippen LogP contribution in [0.4, 0.5) is 0 Å². The van der Waals surface area contributed by atoms with Crippen molar-refractivity contribution >= 4 is 24.0 Å². The Kier molecular flexibility index (Phi) is 7.89. The molecule has 0 spiro atoms. The molecule has 5 heteroatoms. The third-order valence-corrected chi connectivity index (χ3v) is 4.77. The molecule has 1 aliphatic rings. The van der Waals surface area contributed by atoms with E-state index in [9.17, 15) is 0 Å². The number of halogens is 2. The van der Waals surface area contributed by atoms with Crippen molar-refractivity contribution in [3.05, 3.63) is 58.6 Å². The molecule has 1 fully saturated rings. The molecular formula is C20H25Cl2NO2. The van der Waals surface area contributed by atoms with E-state index in [0.717, 1.165) is 34.2 Å². The number of hydrogen-bond donors (Lipinski definition) is 1. The van der Waals surface area contributed by atoms with Crippen LogP contribution in [0.1, 0.15) is 36.8 Å². The number of hydrogen-bond acceptors (Lipinski definition) is 3. The third-order valence-electron chi connectivity index (χ3n) is 4.51. The average molecular weight is 382 g/mol. The SMILES string of the molecule is COc1cccc(CNC2CCCC2)c1OCc1ccc(Cl)cc1.Cl. The molecule has 136 valence electrons. The maximum Gasteiger partial charge on any atom is 0.166 e. The fourth-order valence-electron chi connectivity index (χ4n) is 3.15. The van der Waals surface area contributed by atoms with E-state index in [-0.39, 0.29) is 12.4 Å². The van der Waals surface area contributed by atoms with Crippen LogP contribution in [0.5, 0.6) is 11.5 Å². The first-order valence-corrected chi connectivity index (χ1v) is 8.90. The first-order valence-electron chi connectivity index (χ1n) is 8.53. The molecule has 2 aromatic carbocycles. The number of methoxy groups -OCH3 is 1. The first kappa shape index (κ1) is 19.9. The lowest BCUT2D eigenvalue weighted by molar-refractivity contribution is 0.280. The van der Waals surface area contributed by atoms with Gasteiger partial charge in [0.05, 0.1) is 7.11 Å².